The van der Waals surface area contributed by atoms with Crippen LogP contribution < -0.4 is 10.9 Å². The van der Waals surface area contributed by atoms with Gasteiger partial charge in [-0.05, 0) is 37.5 Å². The first kappa shape index (κ1) is 27.8. The average Bonchev–Trinajstić information content (AvgIpc) is 2.76. The Morgan fingerprint density at radius 1 is 0.690 bits per heavy atom. The summed E-state index contributed by atoms with van der Waals surface area (Å²) in [4.78, 5) is 0. The summed E-state index contributed by atoms with van der Waals surface area (Å²) in [5, 5.41) is 8.34. The quantitative estimate of drug-likeness (QED) is 0.251. The van der Waals surface area contributed by atoms with Crippen LogP contribution in [0.25, 0.3) is 0 Å². The van der Waals surface area contributed by atoms with Crippen LogP contribution in [0.15, 0.2) is 70.9 Å². The van der Waals surface area contributed by atoms with Crippen molar-refractivity contribution in [3.63, 3.8) is 0 Å². The van der Waals surface area contributed by atoms with Crippen LogP contribution in [0.2, 0.25) is 0 Å². The topological polar surface area (TPSA) is 48.8 Å². The molecule has 1 radical (unpaired) electrons. The van der Waals surface area contributed by atoms with Gasteiger partial charge < -0.3 is 0 Å². The van der Waals surface area contributed by atoms with Crippen molar-refractivity contribution in [2.45, 2.75) is 13.8 Å². The van der Waals surface area contributed by atoms with E-state index in [9.17, 15) is 0 Å². The number of hydrogen-bond acceptors (Lipinski definition) is 6. The van der Waals surface area contributed by atoms with Crippen molar-refractivity contribution in [1.82, 2.24) is 10.9 Å². The third-order valence-electron chi connectivity index (χ3n) is 3.38. The molecule has 0 saturated carbocycles. The van der Waals surface area contributed by atoms with E-state index in [-0.39, 0.29) is 17.1 Å². The van der Waals surface area contributed by atoms with Crippen molar-refractivity contribution in [3.8, 4) is 0 Å². The molecule has 0 aliphatic carbocycles. The molecule has 4 nitrogen and oxygen atoms in total. The molecule has 0 spiro atoms. The molecule has 0 fully saturated rings. The zero-order chi connectivity index (χ0) is 20.8. The standard InChI is InChI=1S/2C10H12N2S2.Cu/c2*1-8(11-12-10(13)14-2)9-6-4-3-5-7-9;/h2*3-7H,1-2H3,(H,12,13);. The molecule has 2 N–H and O–H groups in total. The molecular formula is C20H24CuN4S4. The fourth-order valence-electron chi connectivity index (χ4n) is 1.84. The third-order valence-corrected chi connectivity index (χ3v) is 5.49. The van der Waals surface area contributed by atoms with Gasteiger partial charge in [-0.25, -0.2) is 0 Å². The number of nitrogens with zero attached hydrogens (tertiary/aromatic N) is 2. The molecule has 0 heterocycles. The van der Waals surface area contributed by atoms with Crippen molar-refractivity contribution in [2.24, 2.45) is 10.2 Å². The second-order valence-corrected chi connectivity index (χ2v) is 8.30. The first-order valence-electron chi connectivity index (χ1n) is 8.35. The third kappa shape index (κ3) is 12.2. The summed E-state index contributed by atoms with van der Waals surface area (Å²) in [6, 6.07) is 20.0. The molecule has 9 heteroatoms. The van der Waals surface area contributed by atoms with Crippen molar-refractivity contribution >= 4 is 68.0 Å². The zero-order valence-electron chi connectivity index (χ0n) is 16.6. The van der Waals surface area contributed by atoms with Gasteiger partial charge in [-0.2, -0.15) is 10.2 Å². The molecule has 0 bridgehead atoms. The summed E-state index contributed by atoms with van der Waals surface area (Å²) in [7, 11) is 0. The first-order chi connectivity index (χ1) is 13.5. The zero-order valence-corrected chi connectivity index (χ0v) is 20.8. The fourth-order valence-corrected chi connectivity index (χ4v) is 2.20. The van der Waals surface area contributed by atoms with Gasteiger partial charge in [0, 0.05) is 17.1 Å². The van der Waals surface area contributed by atoms with E-state index in [1.807, 2.05) is 87.0 Å². The molecule has 0 atom stereocenters. The van der Waals surface area contributed by atoms with Gasteiger partial charge in [0.1, 0.15) is 0 Å². The van der Waals surface area contributed by atoms with Gasteiger partial charge in [0.05, 0.1) is 11.4 Å². The largest absolute Gasteiger partial charge is 0.262 e. The maximum absolute atomic E-state index is 4.97. The Bertz CT molecular complexity index is 742. The molecule has 29 heavy (non-hydrogen) atoms. The van der Waals surface area contributed by atoms with Gasteiger partial charge in [-0.1, -0.05) is 109 Å². The Morgan fingerprint density at radius 3 is 1.28 bits per heavy atom. The maximum atomic E-state index is 4.97. The Labute approximate surface area is 203 Å². The van der Waals surface area contributed by atoms with E-state index in [1.54, 1.807) is 0 Å². The Kier molecular flexibility index (Phi) is 15.9. The van der Waals surface area contributed by atoms with Crippen LogP contribution in [-0.4, -0.2) is 32.6 Å². The van der Waals surface area contributed by atoms with Gasteiger partial charge in [0.15, 0.2) is 8.64 Å². The molecule has 2 aromatic rings. The molecule has 2 aromatic carbocycles. The van der Waals surface area contributed by atoms with E-state index in [4.69, 9.17) is 24.4 Å². The molecule has 2 rings (SSSR count). The Balaban J connectivity index is 0.000000523. The molecular weight excluding hydrogens is 488 g/mol. The van der Waals surface area contributed by atoms with E-state index in [1.165, 1.54) is 23.5 Å². The molecule has 0 aliphatic rings. The van der Waals surface area contributed by atoms with Crippen LogP contribution in [-0.2, 0) is 17.1 Å². The Hall–Kier alpha value is -1.22. The van der Waals surface area contributed by atoms with Crippen molar-refractivity contribution in [3.05, 3.63) is 71.8 Å². The van der Waals surface area contributed by atoms with Crippen LogP contribution in [0.1, 0.15) is 25.0 Å². The molecule has 159 valence electrons. The number of rotatable bonds is 4. The summed E-state index contributed by atoms with van der Waals surface area (Å²) in [6.45, 7) is 3.90. The maximum Gasteiger partial charge on any atom is 0.153 e. The van der Waals surface area contributed by atoms with Gasteiger partial charge >= 0.3 is 0 Å². The van der Waals surface area contributed by atoms with Crippen LogP contribution >= 0.6 is 48.0 Å². The van der Waals surface area contributed by atoms with Crippen LogP contribution in [0, 0.1) is 0 Å². The number of hydrogen-bond donors (Lipinski definition) is 2. The minimum absolute atomic E-state index is 0. The second kappa shape index (κ2) is 16.6. The van der Waals surface area contributed by atoms with Gasteiger partial charge in [-0.3, -0.25) is 10.9 Å². The van der Waals surface area contributed by atoms with Crippen molar-refractivity contribution < 1.29 is 17.1 Å². The summed E-state index contributed by atoms with van der Waals surface area (Å²) < 4.78 is 1.36. The van der Waals surface area contributed by atoms with Crippen molar-refractivity contribution in [2.75, 3.05) is 12.5 Å². The predicted octanol–water partition coefficient (Wildman–Crippen LogP) is 5.29. The Morgan fingerprint density at radius 2 is 1.00 bits per heavy atom. The average molecular weight is 512 g/mol. The van der Waals surface area contributed by atoms with Gasteiger partial charge in [0.25, 0.3) is 0 Å². The minimum atomic E-state index is 0. The molecule has 0 aromatic heterocycles. The monoisotopic (exact) mass is 511 g/mol. The first-order valence-corrected chi connectivity index (χ1v) is 11.6. The van der Waals surface area contributed by atoms with Crippen LogP contribution in [0.4, 0.5) is 0 Å². The van der Waals surface area contributed by atoms with E-state index in [2.05, 4.69) is 21.1 Å². The predicted molar refractivity (Wildman–Crippen MR) is 136 cm³/mol. The smallest absolute Gasteiger partial charge is 0.153 e. The van der Waals surface area contributed by atoms with E-state index < -0.39 is 0 Å². The minimum Gasteiger partial charge on any atom is -0.262 e. The van der Waals surface area contributed by atoms with Crippen LogP contribution in [0.5, 0.6) is 0 Å². The van der Waals surface area contributed by atoms with Gasteiger partial charge in [0.2, 0.25) is 0 Å². The molecule has 0 aliphatic heterocycles. The molecule has 0 saturated heterocycles. The van der Waals surface area contributed by atoms with Crippen LogP contribution in [0.3, 0.4) is 0 Å². The summed E-state index contributed by atoms with van der Waals surface area (Å²) in [5.41, 5.74) is 9.69. The number of nitrogens with one attached hydrogen (secondary N) is 2. The SMILES string of the molecule is CSC(=S)NN=C(C)c1ccccc1.CSC(=S)NN=C(C)c1ccccc1.[Cu]. The number of thiocarbonyl (C=S) groups is 2. The molecule has 0 unspecified atom stereocenters. The summed E-state index contributed by atoms with van der Waals surface area (Å²) in [5.74, 6) is 0. The number of hydrazone groups is 2. The van der Waals surface area contributed by atoms with Crippen molar-refractivity contribution in [1.29, 1.82) is 0 Å². The number of thioether (sulfide) groups is 2. The summed E-state index contributed by atoms with van der Waals surface area (Å²) in [6.07, 6.45) is 3.84. The second-order valence-electron chi connectivity index (χ2n) is 5.33. The fraction of sp³-hybridized carbons (Fsp3) is 0.200. The molecule has 0 amide bonds. The number of benzene rings is 2. The van der Waals surface area contributed by atoms with E-state index in [0.717, 1.165) is 22.6 Å². The van der Waals surface area contributed by atoms with E-state index >= 15 is 0 Å². The normalized spacial score (nSPS) is 10.8. The van der Waals surface area contributed by atoms with E-state index in [0.29, 0.717) is 8.64 Å². The summed E-state index contributed by atoms with van der Waals surface area (Å²) >= 11 is 12.9. The van der Waals surface area contributed by atoms with Gasteiger partial charge in [-0.15, -0.1) is 0 Å².